The molecular weight excluding hydrogens is 254 g/mol. The Balaban J connectivity index is 2.22. The number of hydrogen-bond donors (Lipinski definition) is 3. The van der Waals surface area contributed by atoms with Crippen molar-refractivity contribution in [2.75, 3.05) is 25.1 Å². The van der Waals surface area contributed by atoms with Crippen LogP contribution in [0.15, 0.2) is 35.8 Å². The minimum atomic E-state index is 0.426. The fourth-order valence-electron chi connectivity index (χ4n) is 2.27. The van der Waals surface area contributed by atoms with Crippen LogP contribution in [0, 0.1) is 0 Å². The summed E-state index contributed by atoms with van der Waals surface area (Å²) in [6, 6.07) is 3.93. The molecule has 0 aliphatic rings. The Bertz CT molecular complexity index is 781. The maximum Gasteiger partial charge on any atom is 0.160 e. The lowest BCUT2D eigenvalue weighted by Crippen LogP contribution is -2.14. The number of rotatable bonds is 2. The number of anilines is 2. The van der Waals surface area contributed by atoms with Crippen LogP contribution >= 0.6 is 0 Å². The van der Waals surface area contributed by atoms with Crippen LogP contribution in [0.25, 0.3) is 10.9 Å². The van der Waals surface area contributed by atoms with E-state index in [1.165, 1.54) is 0 Å². The molecule has 0 amide bonds. The first kappa shape index (κ1) is 12.2. The predicted octanol–water partition coefficient (Wildman–Crippen LogP) is 1.31. The summed E-state index contributed by atoms with van der Waals surface area (Å²) < 4.78 is 1.96. The number of aromatic nitrogens is 4. The van der Waals surface area contributed by atoms with E-state index in [0.29, 0.717) is 17.3 Å². The number of H-pyrrole nitrogens is 1. The van der Waals surface area contributed by atoms with Gasteiger partial charge in [-0.2, -0.15) is 0 Å². The highest BCUT2D eigenvalue weighted by atomic mass is 15.1. The molecule has 3 rings (SSSR count). The lowest BCUT2D eigenvalue weighted by Gasteiger charge is -2.08. The zero-order chi connectivity index (χ0) is 14.1. The van der Waals surface area contributed by atoms with Crippen LogP contribution in [-0.4, -0.2) is 39.4 Å². The lowest BCUT2D eigenvalue weighted by atomic mass is 10.3. The molecule has 3 aromatic heterocycles. The maximum absolute atomic E-state index is 5.86. The third kappa shape index (κ3) is 1.71. The van der Waals surface area contributed by atoms with Crippen molar-refractivity contribution >= 4 is 28.4 Å². The standard InChI is InChI=1S/C13H15N7/c1-15-12-8-4-6-20(9(8)3-5-17-12)13(16-2)10-11(14)19-7-18-10/h3-7H,14H2,1-2H3,(H,15,17)(H,18,19). The molecule has 102 valence electrons. The van der Waals surface area contributed by atoms with Gasteiger partial charge in [0.05, 0.1) is 11.8 Å². The molecule has 0 saturated heterocycles. The van der Waals surface area contributed by atoms with Crippen molar-refractivity contribution in [1.29, 1.82) is 0 Å². The zero-order valence-electron chi connectivity index (χ0n) is 11.3. The summed E-state index contributed by atoms with van der Waals surface area (Å²) in [4.78, 5) is 15.7. The van der Waals surface area contributed by atoms with E-state index in [0.717, 1.165) is 16.7 Å². The summed E-state index contributed by atoms with van der Waals surface area (Å²) in [7, 11) is 3.57. The summed E-state index contributed by atoms with van der Waals surface area (Å²) in [5, 5.41) is 4.10. The molecule has 0 unspecified atom stereocenters. The Labute approximate surface area is 115 Å². The first-order chi connectivity index (χ1) is 9.76. The molecule has 7 heteroatoms. The minimum absolute atomic E-state index is 0.426. The molecule has 0 bridgehead atoms. The molecule has 3 aromatic rings. The van der Waals surface area contributed by atoms with Gasteiger partial charge in [-0.25, -0.2) is 9.97 Å². The van der Waals surface area contributed by atoms with E-state index in [1.54, 1.807) is 19.6 Å². The first-order valence-electron chi connectivity index (χ1n) is 6.16. The van der Waals surface area contributed by atoms with Crippen molar-refractivity contribution in [2.45, 2.75) is 0 Å². The van der Waals surface area contributed by atoms with E-state index >= 15 is 0 Å². The van der Waals surface area contributed by atoms with Crippen molar-refractivity contribution in [3.63, 3.8) is 0 Å². The number of fused-ring (bicyclic) bond motifs is 1. The van der Waals surface area contributed by atoms with E-state index in [9.17, 15) is 0 Å². The number of imidazole rings is 1. The smallest absolute Gasteiger partial charge is 0.160 e. The Morgan fingerprint density at radius 2 is 2.25 bits per heavy atom. The summed E-state index contributed by atoms with van der Waals surface area (Å²) in [5.74, 6) is 1.97. The molecular formula is C13H15N7. The SMILES string of the molecule is CN=C(c1[nH]cnc1N)n1ccc2c(NC)nccc21. The van der Waals surface area contributed by atoms with Gasteiger partial charge in [0.25, 0.3) is 0 Å². The molecule has 0 spiro atoms. The molecule has 0 aliphatic carbocycles. The quantitative estimate of drug-likeness (QED) is 0.482. The van der Waals surface area contributed by atoms with Crippen LogP contribution in [-0.2, 0) is 0 Å². The second kappa shape index (κ2) is 4.69. The van der Waals surface area contributed by atoms with Gasteiger partial charge in [-0.3, -0.25) is 9.56 Å². The van der Waals surface area contributed by atoms with E-state index in [2.05, 4.69) is 25.3 Å². The first-order valence-corrected chi connectivity index (χ1v) is 6.16. The van der Waals surface area contributed by atoms with Crippen LogP contribution in [0.2, 0.25) is 0 Å². The number of nitrogen functional groups attached to an aromatic ring is 1. The molecule has 0 fully saturated rings. The largest absolute Gasteiger partial charge is 0.382 e. The van der Waals surface area contributed by atoms with Gasteiger partial charge >= 0.3 is 0 Å². The Morgan fingerprint density at radius 3 is 2.90 bits per heavy atom. The Morgan fingerprint density at radius 1 is 1.40 bits per heavy atom. The fourth-order valence-corrected chi connectivity index (χ4v) is 2.27. The summed E-state index contributed by atoms with van der Waals surface area (Å²) in [5.41, 5.74) is 7.56. The van der Waals surface area contributed by atoms with Crippen molar-refractivity contribution in [1.82, 2.24) is 19.5 Å². The molecule has 20 heavy (non-hydrogen) atoms. The van der Waals surface area contributed by atoms with Crippen LogP contribution < -0.4 is 11.1 Å². The molecule has 4 N–H and O–H groups in total. The molecule has 0 radical (unpaired) electrons. The van der Waals surface area contributed by atoms with Gasteiger partial charge in [-0.05, 0) is 12.1 Å². The zero-order valence-corrected chi connectivity index (χ0v) is 11.3. The van der Waals surface area contributed by atoms with Gasteiger partial charge in [0.1, 0.15) is 11.5 Å². The normalized spacial score (nSPS) is 12.0. The molecule has 3 heterocycles. The number of nitrogens with two attached hydrogens (primary N) is 1. The highest BCUT2D eigenvalue weighted by Crippen LogP contribution is 2.23. The molecule has 0 aromatic carbocycles. The summed E-state index contributed by atoms with van der Waals surface area (Å²) in [6.45, 7) is 0. The summed E-state index contributed by atoms with van der Waals surface area (Å²) >= 11 is 0. The number of pyridine rings is 1. The van der Waals surface area contributed by atoms with Crippen LogP contribution in [0.1, 0.15) is 5.69 Å². The van der Waals surface area contributed by atoms with Gasteiger partial charge in [0.15, 0.2) is 11.7 Å². The third-order valence-electron chi connectivity index (χ3n) is 3.19. The van der Waals surface area contributed by atoms with Crippen molar-refractivity contribution < 1.29 is 0 Å². The Hall–Kier alpha value is -2.83. The van der Waals surface area contributed by atoms with Gasteiger partial charge in [0, 0.05) is 31.9 Å². The molecule has 0 atom stereocenters. The number of nitrogens with one attached hydrogen (secondary N) is 2. The average molecular weight is 269 g/mol. The second-order valence-electron chi connectivity index (χ2n) is 4.24. The highest BCUT2D eigenvalue weighted by Gasteiger charge is 2.15. The van der Waals surface area contributed by atoms with Crippen molar-refractivity contribution in [2.24, 2.45) is 4.99 Å². The molecule has 0 aliphatic heterocycles. The predicted molar refractivity (Wildman–Crippen MR) is 80.1 cm³/mol. The minimum Gasteiger partial charge on any atom is -0.382 e. The van der Waals surface area contributed by atoms with Gasteiger partial charge in [-0.1, -0.05) is 0 Å². The van der Waals surface area contributed by atoms with Crippen molar-refractivity contribution in [3.05, 3.63) is 36.5 Å². The maximum atomic E-state index is 5.86. The number of aliphatic imine (C=N–C) groups is 1. The van der Waals surface area contributed by atoms with E-state index in [1.807, 2.05) is 29.9 Å². The molecule has 7 nitrogen and oxygen atoms in total. The van der Waals surface area contributed by atoms with Gasteiger partial charge < -0.3 is 16.0 Å². The number of hydrogen-bond acceptors (Lipinski definition) is 5. The average Bonchev–Trinajstić information content (AvgIpc) is 3.07. The lowest BCUT2D eigenvalue weighted by molar-refractivity contribution is 1.15. The van der Waals surface area contributed by atoms with Gasteiger partial charge in [0.2, 0.25) is 0 Å². The fraction of sp³-hybridized carbons (Fsp3) is 0.154. The summed E-state index contributed by atoms with van der Waals surface area (Å²) in [6.07, 6.45) is 5.26. The van der Waals surface area contributed by atoms with Gasteiger partial charge in [-0.15, -0.1) is 0 Å². The Kier molecular flexibility index (Phi) is 2.86. The number of aromatic amines is 1. The third-order valence-corrected chi connectivity index (χ3v) is 3.19. The van der Waals surface area contributed by atoms with E-state index in [-0.39, 0.29) is 0 Å². The van der Waals surface area contributed by atoms with E-state index in [4.69, 9.17) is 5.73 Å². The topological polar surface area (TPSA) is 96.9 Å². The monoisotopic (exact) mass is 269 g/mol. The van der Waals surface area contributed by atoms with Crippen molar-refractivity contribution in [3.8, 4) is 0 Å². The van der Waals surface area contributed by atoms with Crippen LogP contribution in [0.3, 0.4) is 0 Å². The van der Waals surface area contributed by atoms with Crippen LogP contribution in [0.5, 0.6) is 0 Å². The number of nitrogens with zero attached hydrogens (tertiary/aromatic N) is 4. The van der Waals surface area contributed by atoms with E-state index < -0.39 is 0 Å². The highest BCUT2D eigenvalue weighted by molar-refractivity contribution is 6.08. The second-order valence-corrected chi connectivity index (χ2v) is 4.24. The molecule has 0 saturated carbocycles. The van der Waals surface area contributed by atoms with Crippen LogP contribution in [0.4, 0.5) is 11.6 Å².